The van der Waals surface area contributed by atoms with E-state index < -0.39 is 18.1 Å². The number of morpholine rings is 1. The van der Waals surface area contributed by atoms with Gasteiger partial charge in [0.15, 0.2) is 0 Å². The first kappa shape index (κ1) is 16.1. The highest BCUT2D eigenvalue weighted by Crippen LogP contribution is 2.04. The van der Waals surface area contributed by atoms with Crippen LogP contribution in [0.2, 0.25) is 0 Å². The van der Waals surface area contributed by atoms with Crippen molar-refractivity contribution < 1.29 is 19.1 Å². The van der Waals surface area contributed by atoms with Crippen molar-refractivity contribution in [3.05, 3.63) is 0 Å². The van der Waals surface area contributed by atoms with E-state index in [0.717, 1.165) is 0 Å². The molecule has 6 nitrogen and oxygen atoms in total. The summed E-state index contributed by atoms with van der Waals surface area (Å²) >= 11 is 0. The van der Waals surface area contributed by atoms with E-state index in [2.05, 4.69) is 15.4 Å². The van der Waals surface area contributed by atoms with Gasteiger partial charge in [0, 0.05) is 6.54 Å². The van der Waals surface area contributed by atoms with Gasteiger partial charge >= 0.3 is 5.97 Å². The highest BCUT2D eigenvalue weighted by Gasteiger charge is 2.30. The fourth-order valence-corrected chi connectivity index (χ4v) is 1.57. The van der Waals surface area contributed by atoms with Gasteiger partial charge in [0.05, 0.1) is 19.8 Å². The second-order valence-electron chi connectivity index (χ2n) is 3.76. The summed E-state index contributed by atoms with van der Waals surface area (Å²) in [7, 11) is 1.29. The summed E-state index contributed by atoms with van der Waals surface area (Å²) < 4.78 is 9.86. The molecule has 3 atom stereocenters. The maximum atomic E-state index is 11.8. The standard InChI is InChI=1S/C10H18N2O4.ClH/c1-6(10(14)15-3)12-9(13)8-7(2)16-5-4-11-8;/h6-8,11H,4-5H2,1-3H3,(H,12,13);1H/t6?,7-,8+;/m1./s1. The molecule has 100 valence electrons. The molecule has 1 fully saturated rings. The van der Waals surface area contributed by atoms with Crippen molar-refractivity contribution in [1.82, 2.24) is 10.6 Å². The largest absolute Gasteiger partial charge is 0.467 e. The highest BCUT2D eigenvalue weighted by atomic mass is 35.5. The van der Waals surface area contributed by atoms with Crippen molar-refractivity contribution in [1.29, 1.82) is 0 Å². The summed E-state index contributed by atoms with van der Waals surface area (Å²) in [6, 6.07) is -1.06. The maximum absolute atomic E-state index is 11.8. The monoisotopic (exact) mass is 266 g/mol. The first-order chi connectivity index (χ1) is 7.56. The van der Waals surface area contributed by atoms with Gasteiger partial charge < -0.3 is 20.1 Å². The second kappa shape index (κ2) is 7.47. The molecule has 1 aliphatic rings. The SMILES string of the molecule is COC(=O)C(C)NC(=O)[C@H]1NCCO[C@@H]1C.Cl. The molecular weight excluding hydrogens is 248 g/mol. The molecule has 7 heteroatoms. The number of hydrogen-bond donors (Lipinski definition) is 2. The molecule has 0 aromatic rings. The number of esters is 1. The Morgan fingerprint density at radius 3 is 2.71 bits per heavy atom. The zero-order valence-corrected chi connectivity index (χ0v) is 11.0. The Balaban J connectivity index is 0.00000256. The first-order valence-electron chi connectivity index (χ1n) is 5.29. The smallest absolute Gasteiger partial charge is 0.328 e. The summed E-state index contributed by atoms with van der Waals surface area (Å²) in [6.07, 6.45) is -0.196. The molecule has 1 rings (SSSR count). The van der Waals surface area contributed by atoms with Gasteiger partial charge in [-0.05, 0) is 13.8 Å². The lowest BCUT2D eigenvalue weighted by Gasteiger charge is -2.29. The average Bonchev–Trinajstić information content (AvgIpc) is 2.28. The van der Waals surface area contributed by atoms with E-state index in [1.807, 2.05) is 6.92 Å². The molecule has 0 aromatic heterocycles. The van der Waals surface area contributed by atoms with Crippen molar-refractivity contribution in [2.45, 2.75) is 32.0 Å². The van der Waals surface area contributed by atoms with Crippen molar-refractivity contribution in [3.8, 4) is 0 Å². The molecule has 0 bridgehead atoms. The molecule has 17 heavy (non-hydrogen) atoms. The number of rotatable bonds is 3. The van der Waals surface area contributed by atoms with Crippen LogP contribution in [0.5, 0.6) is 0 Å². The predicted molar refractivity (Wildman–Crippen MR) is 64.1 cm³/mol. The van der Waals surface area contributed by atoms with Crippen LogP contribution < -0.4 is 10.6 Å². The predicted octanol–water partition coefficient (Wildman–Crippen LogP) is -0.537. The van der Waals surface area contributed by atoms with E-state index in [-0.39, 0.29) is 24.4 Å². The van der Waals surface area contributed by atoms with Crippen molar-refractivity contribution in [2.75, 3.05) is 20.3 Å². The molecule has 1 unspecified atom stereocenters. The molecule has 1 heterocycles. The Bertz CT molecular complexity index is 275. The first-order valence-corrected chi connectivity index (χ1v) is 5.29. The third kappa shape index (κ3) is 4.49. The lowest BCUT2D eigenvalue weighted by Crippen LogP contribution is -2.57. The zero-order chi connectivity index (χ0) is 12.1. The summed E-state index contributed by atoms with van der Waals surface area (Å²) in [4.78, 5) is 22.9. The number of methoxy groups -OCH3 is 1. The zero-order valence-electron chi connectivity index (χ0n) is 10.2. The van der Waals surface area contributed by atoms with Gasteiger partial charge in [-0.2, -0.15) is 0 Å². The van der Waals surface area contributed by atoms with Crippen molar-refractivity contribution in [2.24, 2.45) is 0 Å². The van der Waals surface area contributed by atoms with Crippen LogP contribution in [0.15, 0.2) is 0 Å². The topological polar surface area (TPSA) is 76.7 Å². The number of nitrogens with one attached hydrogen (secondary N) is 2. The summed E-state index contributed by atoms with van der Waals surface area (Å²) in [5.41, 5.74) is 0. The van der Waals surface area contributed by atoms with Crippen molar-refractivity contribution >= 4 is 24.3 Å². The number of amides is 1. The lowest BCUT2D eigenvalue weighted by molar-refractivity contribution is -0.145. The molecule has 1 amide bonds. The molecule has 1 aliphatic heterocycles. The molecule has 2 N–H and O–H groups in total. The average molecular weight is 267 g/mol. The van der Waals surface area contributed by atoms with Gasteiger partial charge in [0.25, 0.3) is 0 Å². The minimum absolute atomic E-state index is 0. The number of carbonyl (C=O) groups is 2. The van der Waals surface area contributed by atoms with Crippen LogP contribution in [0.1, 0.15) is 13.8 Å². The maximum Gasteiger partial charge on any atom is 0.328 e. The molecule has 0 saturated carbocycles. The van der Waals surface area contributed by atoms with Gasteiger partial charge in [-0.3, -0.25) is 4.79 Å². The van der Waals surface area contributed by atoms with E-state index in [9.17, 15) is 9.59 Å². The summed E-state index contributed by atoms with van der Waals surface area (Å²) in [5, 5.41) is 5.62. The lowest BCUT2D eigenvalue weighted by atomic mass is 10.1. The van der Waals surface area contributed by atoms with Crippen molar-refractivity contribution in [3.63, 3.8) is 0 Å². The van der Waals surface area contributed by atoms with Crippen LogP contribution in [0.25, 0.3) is 0 Å². The van der Waals surface area contributed by atoms with Gasteiger partial charge in [0.1, 0.15) is 12.1 Å². The number of halogens is 1. The second-order valence-corrected chi connectivity index (χ2v) is 3.76. The Kier molecular flexibility index (Phi) is 7.10. The Hall–Kier alpha value is -0.850. The van der Waals surface area contributed by atoms with Gasteiger partial charge in [-0.25, -0.2) is 4.79 Å². The molecular formula is C10H19ClN2O4. The van der Waals surface area contributed by atoms with Crippen LogP contribution in [0.4, 0.5) is 0 Å². The van der Waals surface area contributed by atoms with E-state index in [1.54, 1.807) is 6.92 Å². The Morgan fingerprint density at radius 1 is 1.53 bits per heavy atom. The van der Waals surface area contributed by atoms with Crippen LogP contribution in [0, 0.1) is 0 Å². The highest BCUT2D eigenvalue weighted by molar-refractivity contribution is 5.87. The molecule has 1 saturated heterocycles. The minimum Gasteiger partial charge on any atom is -0.467 e. The van der Waals surface area contributed by atoms with Gasteiger partial charge in [0.2, 0.25) is 5.91 Å². The summed E-state index contributed by atoms with van der Waals surface area (Å²) in [6.45, 7) is 4.63. The summed E-state index contributed by atoms with van der Waals surface area (Å²) in [5.74, 6) is -0.706. The molecule has 0 spiro atoms. The van der Waals surface area contributed by atoms with Gasteiger partial charge in [-0.15, -0.1) is 12.4 Å². The Morgan fingerprint density at radius 2 is 2.18 bits per heavy atom. The van der Waals surface area contributed by atoms with Crippen LogP contribution in [0.3, 0.4) is 0 Å². The number of carbonyl (C=O) groups excluding carboxylic acids is 2. The van der Waals surface area contributed by atoms with Gasteiger partial charge in [-0.1, -0.05) is 0 Å². The van der Waals surface area contributed by atoms with E-state index in [0.29, 0.717) is 13.2 Å². The van der Waals surface area contributed by atoms with Crippen LogP contribution in [-0.4, -0.2) is 50.3 Å². The number of ether oxygens (including phenoxy) is 2. The van der Waals surface area contributed by atoms with Crippen LogP contribution in [-0.2, 0) is 19.1 Å². The van der Waals surface area contributed by atoms with E-state index >= 15 is 0 Å². The fourth-order valence-electron chi connectivity index (χ4n) is 1.57. The molecule has 0 radical (unpaired) electrons. The fraction of sp³-hybridized carbons (Fsp3) is 0.800. The minimum atomic E-state index is -0.645. The quantitative estimate of drug-likeness (QED) is 0.671. The third-order valence-corrected chi connectivity index (χ3v) is 2.51. The van der Waals surface area contributed by atoms with Crippen LogP contribution >= 0.6 is 12.4 Å². The van der Waals surface area contributed by atoms with E-state index in [4.69, 9.17) is 4.74 Å². The molecule has 0 aliphatic carbocycles. The van der Waals surface area contributed by atoms with E-state index in [1.165, 1.54) is 7.11 Å². The Labute approximate surface area is 107 Å². The molecule has 0 aromatic carbocycles. The third-order valence-electron chi connectivity index (χ3n) is 2.51. The number of hydrogen-bond acceptors (Lipinski definition) is 5. The normalized spacial score (nSPS) is 25.4.